The van der Waals surface area contributed by atoms with Crippen LogP contribution in [0.4, 0.5) is 0 Å². The molecule has 0 spiro atoms. The number of ether oxygens (including phenoxy) is 1. The van der Waals surface area contributed by atoms with E-state index in [1.54, 1.807) is 0 Å². The smallest absolute Gasteiger partial charge is 0.255 e. The minimum atomic E-state index is -0.330. The van der Waals surface area contributed by atoms with Gasteiger partial charge in [0.25, 0.3) is 5.91 Å². The van der Waals surface area contributed by atoms with Crippen LogP contribution in [0.5, 0.6) is 0 Å². The summed E-state index contributed by atoms with van der Waals surface area (Å²) in [6, 6.07) is 7.41. The molecule has 1 aliphatic rings. The van der Waals surface area contributed by atoms with E-state index in [-0.39, 0.29) is 17.1 Å². The highest BCUT2D eigenvalue weighted by atomic mass is 32.1. The molecule has 3 nitrogen and oxygen atoms in total. The molecule has 4 heteroatoms. The van der Waals surface area contributed by atoms with Crippen LogP contribution in [0, 0.1) is 0 Å². The van der Waals surface area contributed by atoms with Gasteiger partial charge >= 0.3 is 0 Å². The molecule has 0 unspecified atom stereocenters. The van der Waals surface area contributed by atoms with Crippen molar-refractivity contribution in [1.29, 1.82) is 0 Å². The van der Waals surface area contributed by atoms with Crippen LogP contribution in [0.15, 0.2) is 29.2 Å². The summed E-state index contributed by atoms with van der Waals surface area (Å²) < 4.78 is 5.99. The summed E-state index contributed by atoms with van der Waals surface area (Å²) in [5.41, 5.74) is -0.00865. The lowest BCUT2D eigenvalue weighted by Gasteiger charge is -2.47. The zero-order valence-corrected chi connectivity index (χ0v) is 12.8. The second-order valence-electron chi connectivity index (χ2n) is 6.30. The van der Waals surface area contributed by atoms with Crippen LogP contribution in [0.1, 0.15) is 38.1 Å². The Bertz CT molecular complexity index is 481. The lowest BCUT2D eigenvalue weighted by atomic mass is 9.98. The van der Waals surface area contributed by atoms with E-state index in [2.05, 4.69) is 12.6 Å². The van der Waals surface area contributed by atoms with E-state index in [4.69, 9.17) is 4.74 Å². The molecule has 0 saturated carbocycles. The summed E-state index contributed by atoms with van der Waals surface area (Å²) >= 11 is 4.36. The first-order valence-corrected chi connectivity index (χ1v) is 6.92. The third-order valence-corrected chi connectivity index (χ3v) is 3.51. The molecular weight excluding hydrogens is 258 g/mol. The number of benzene rings is 1. The standard InChI is InChI=1S/C15H21NO2S/c1-14(2)9-16(10-15(3,4)18-14)13(17)11-7-5-6-8-12(11)19/h5-8,19H,9-10H2,1-4H3. The minimum Gasteiger partial charge on any atom is -0.366 e. The maximum Gasteiger partial charge on any atom is 0.255 e. The minimum absolute atomic E-state index is 0.0232. The number of amides is 1. The highest BCUT2D eigenvalue weighted by molar-refractivity contribution is 7.80. The summed E-state index contributed by atoms with van der Waals surface area (Å²) in [5.74, 6) is 0.0232. The van der Waals surface area contributed by atoms with Crippen LogP contribution in [0.2, 0.25) is 0 Å². The lowest BCUT2D eigenvalue weighted by molar-refractivity contribution is -0.171. The van der Waals surface area contributed by atoms with E-state index in [9.17, 15) is 4.79 Å². The maximum absolute atomic E-state index is 12.6. The molecular formula is C15H21NO2S. The van der Waals surface area contributed by atoms with Gasteiger partial charge in [-0.3, -0.25) is 4.79 Å². The fraction of sp³-hybridized carbons (Fsp3) is 0.533. The molecule has 1 aromatic carbocycles. The van der Waals surface area contributed by atoms with Gasteiger partial charge in [0.05, 0.1) is 16.8 Å². The van der Waals surface area contributed by atoms with Crippen molar-refractivity contribution in [3.8, 4) is 0 Å². The topological polar surface area (TPSA) is 29.5 Å². The molecule has 104 valence electrons. The number of thiol groups is 1. The number of rotatable bonds is 1. The van der Waals surface area contributed by atoms with E-state index in [0.717, 1.165) is 4.90 Å². The summed E-state index contributed by atoms with van der Waals surface area (Å²) in [7, 11) is 0. The van der Waals surface area contributed by atoms with Gasteiger partial charge in [-0.2, -0.15) is 0 Å². The third kappa shape index (κ3) is 3.31. The van der Waals surface area contributed by atoms with Crippen LogP contribution in [0.3, 0.4) is 0 Å². The van der Waals surface area contributed by atoms with Crippen LogP contribution >= 0.6 is 12.6 Å². The lowest BCUT2D eigenvalue weighted by Crippen LogP contribution is -2.58. The van der Waals surface area contributed by atoms with Crippen molar-refractivity contribution in [2.75, 3.05) is 13.1 Å². The molecule has 1 fully saturated rings. The summed E-state index contributed by atoms with van der Waals surface area (Å²) in [6.45, 7) is 9.25. The molecule has 0 N–H and O–H groups in total. The number of morpholine rings is 1. The predicted molar refractivity (Wildman–Crippen MR) is 78.8 cm³/mol. The molecule has 0 aliphatic carbocycles. The SMILES string of the molecule is CC1(C)CN(C(=O)c2ccccc2S)CC(C)(C)O1. The molecule has 1 saturated heterocycles. The summed E-state index contributed by atoms with van der Waals surface area (Å²) in [5, 5.41) is 0. The van der Waals surface area contributed by atoms with Gasteiger partial charge in [-0.1, -0.05) is 12.1 Å². The Morgan fingerprint density at radius 1 is 1.16 bits per heavy atom. The van der Waals surface area contributed by atoms with Crippen LogP contribution in [0.25, 0.3) is 0 Å². The van der Waals surface area contributed by atoms with E-state index in [1.807, 2.05) is 56.9 Å². The van der Waals surface area contributed by atoms with Gasteiger partial charge in [0, 0.05) is 18.0 Å². The molecule has 0 atom stereocenters. The number of carbonyl (C=O) groups is 1. The van der Waals surface area contributed by atoms with Gasteiger partial charge in [-0.05, 0) is 39.8 Å². The zero-order chi connectivity index (χ0) is 14.3. The summed E-state index contributed by atoms with van der Waals surface area (Å²) in [4.78, 5) is 15.2. The monoisotopic (exact) mass is 279 g/mol. The maximum atomic E-state index is 12.6. The Morgan fingerprint density at radius 3 is 2.21 bits per heavy atom. The highest BCUT2D eigenvalue weighted by Gasteiger charge is 2.40. The first kappa shape index (κ1) is 14.4. The summed E-state index contributed by atoms with van der Waals surface area (Å²) in [6.07, 6.45) is 0. The van der Waals surface area contributed by atoms with Crippen molar-refractivity contribution in [1.82, 2.24) is 4.90 Å². The first-order valence-electron chi connectivity index (χ1n) is 6.48. The van der Waals surface area contributed by atoms with Crippen molar-refractivity contribution in [3.05, 3.63) is 29.8 Å². The van der Waals surface area contributed by atoms with Crippen LogP contribution in [-0.4, -0.2) is 35.1 Å². The quantitative estimate of drug-likeness (QED) is 0.801. The molecule has 1 aliphatic heterocycles. The molecule has 1 amide bonds. The number of hydrogen-bond acceptors (Lipinski definition) is 3. The van der Waals surface area contributed by atoms with Gasteiger partial charge in [-0.25, -0.2) is 0 Å². The van der Waals surface area contributed by atoms with E-state index < -0.39 is 0 Å². The highest BCUT2D eigenvalue weighted by Crippen LogP contribution is 2.29. The average molecular weight is 279 g/mol. The zero-order valence-electron chi connectivity index (χ0n) is 11.9. The van der Waals surface area contributed by atoms with Gasteiger partial charge in [0.1, 0.15) is 0 Å². The van der Waals surface area contributed by atoms with E-state index >= 15 is 0 Å². The predicted octanol–water partition coefficient (Wildman–Crippen LogP) is 3.00. The fourth-order valence-electron chi connectivity index (χ4n) is 2.76. The van der Waals surface area contributed by atoms with Crippen molar-refractivity contribution < 1.29 is 9.53 Å². The van der Waals surface area contributed by atoms with Crippen LogP contribution in [-0.2, 0) is 4.74 Å². The van der Waals surface area contributed by atoms with E-state index in [0.29, 0.717) is 18.7 Å². The first-order chi connectivity index (χ1) is 8.70. The largest absolute Gasteiger partial charge is 0.366 e. The Balaban J connectivity index is 2.27. The fourth-order valence-corrected chi connectivity index (χ4v) is 3.01. The van der Waals surface area contributed by atoms with Gasteiger partial charge in [0.15, 0.2) is 0 Å². The molecule has 0 bridgehead atoms. The van der Waals surface area contributed by atoms with Gasteiger partial charge in [-0.15, -0.1) is 12.6 Å². The normalized spacial score (nSPS) is 21.2. The average Bonchev–Trinajstić information content (AvgIpc) is 2.24. The van der Waals surface area contributed by atoms with Crippen molar-refractivity contribution >= 4 is 18.5 Å². The molecule has 0 aromatic heterocycles. The van der Waals surface area contributed by atoms with Crippen molar-refractivity contribution in [3.63, 3.8) is 0 Å². The Morgan fingerprint density at radius 2 is 1.68 bits per heavy atom. The van der Waals surface area contributed by atoms with Gasteiger partial charge < -0.3 is 9.64 Å². The Hall–Kier alpha value is -1.00. The Labute approximate surface area is 120 Å². The number of hydrogen-bond donors (Lipinski definition) is 1. The Kier molecular flexibility index (Phi) is 3.67. The van der Waals surface area contributed by atoms with Crippen molar-refractivity contribution in [2.24, 2.45) is 0 Å². The molecule has 1 aromatic rings. The molecule has 0 radical (unpaired) electrons. The van der Waals surface area contributed by atoms with Crippen LogP contribution < -0.4 is 0 Å². The third-order valence-electron chi connectivity index (χ3n) is 3.12. The second-order valence-corrected chi connectivity index (χ2v) is 6.78. The van der Waals surface area contributed by atoms with Crippen molar-refractivity contribution in [2.45, 2.75) is 43.8 Å². The second kappa shape index (κ2) is 4.84. The van der Waals surface area contributed by atoms with Gasteiger partial charge in [0.2, 0.25) is 0 Å². The molecule has 1 heterocycles. The molecule has 19 heavy (non-hydrogen) atoms. The number of carbonyl (C=O) groups excluding carboxylic acids is 1. The molecule has 2 rings (SSSR count). The van der Waals surface area contributed by atoms with E-state index in [1.165, 1.54) is 0 Å². The number of nitrogens with zero attached hydrogens (tertiary/aromatic N) is 1.